The molecule has 0 saturated heterocycles. The van der Waals surface area contributed by atoms with Crippen molar-refractivity contribution in [1.82, 2.24) is 4.90 Å². The van der Waals surface area contributed by atoms with Crippen LogP contribution in [0.2, 0.25) is 0 Å². The Balaban J connectivity index is 2.40. The van der Waals surface area contributed by atoms with Gasteiger partial charge < -0.3 is 4.74 Å². The van der Waals surface area contributed by atoms with Crippen molar-refractivity contribution in [2.75, 3.05) is 12.5 Å². The molecule has 0 atom stereocenters. The minimum atomic E-state index is -0.378. The SMILES string of the molecule is CCN(CCl)C(=O)OCc1ccccc1. The average molecular weight is 228 g/mol. The third kappa shape index (κ3) is 3.80. The highest BCUT2D eigenvalue weighted by atomic mass is 35.5. The topological polar surface area (TPSA) is 29.5 Å². The second kappa shape index (κ2) is 6.30. The molecule has 0 bridgehead atoms. The van der Waals surface area contributed by atoms with Gasteiger partial charge in [-0.1, -0.05) is 30.3 Å². The first-order valence-electron chi connectivity index (χ1n) is 4.79. The van der Waals surface area contributed by atoms with Gasteiger partial charge in [-0.15, -0.1) is 11.6 Å². The van der Waals surface area contributed by atoms with Crippen molar-refractivity contribution < 1.29 is 9.53 Å². The van der Waals surface area contributed by atoms with Gasteiger partial charge in [-0.3, -0.25) is 4.90 Å². The second-order valence-electron chi connectivity index (χ2n) is 3.02. The molecule has 0 unspecified atom stereocenters. The second-order valence-corrected chi connectivity index (χ2v) is 3.25. The maximum Gasteiger partial charge on any atom is 0.411 e. The highest BCUT2D eigenvalue weighted by Gasteiger charge is 2.10. The predicted octanol–water partition coefficient (Wildman–Crippen LogP) is 2.84. The number of carbonyl (C=O) groups excluding carboxylic acids is 1. The third-order valence-electron chi connectivity index (χ3n) is 1.99. The van der Waals surface area contributed by atoms with Crippen molar-refractivity contribution in [2.24, 2.45) is 0 Å². The van der Waals surface area contributed by atoms with Crippen molar-refractivity contribution in [3.8, 4) is 0 Å². The highest BCUT2D eigenvalue weighted by molar-refractivity contribution is 6.18. The Bertz CT molecular complexity index is 299. The molecule has 0 saturated carbocycles. The molecule has 0 heterocycles. The van der Waals surface area contributed by atoms with Gasteiger partial charge in [0.05, 0.1) is 6.00 Å². The molecule has 4 heteroatoms. The van der Waals surface area contributed by atoms with Crippen LogP contribution in [0.4, 0.5) is 4.79 Å². The van der Waals surface area contributed by atoms with Gasteiger partial charge in [0.25, 0.3) is 0 Å². The van der Waals surface area contributed by atoms with E-state index in [1.165, 1.54) is 4.90 Å². The van der Waals surface area contributed by atoms with Crippen LogP contribution in [0.3, 0.4) is 0 Å². The Morgan fingerprint density at radius 3 is 2.60 bits per heavy atom. The van der Waals surface area contributed by atoms with Gasteiger partial charge in [0.2, 0.25) is 0 Å². The molecule has 0 N–H and O–H groups in total. The van der Waals surface area contributed by atoms with Crippen LogP contribution in [0, 0.1) is 0 Å². The first-order chi connectivity index (χ1) is 7.27. The van der Waals surface area contributed by atoms with E-state index in [1.54, 1.807) is 0 Å². The molecule has 0 aliphatic heterocycles. The summed E-state index contributed by atoms with van der Waals surface area (Å²) >= 11 is 5.57. The van der Waals surface area contributed by atoms with Crippen LogP contribution in [0.15, 0.2) is 30.3 Å². The number of alkyl halides is 1. The first-order valence-corrected chi connectivity index (χ1v) is 5.33. The van der Waals surface area contributed by atoms with Crippen LogP contribution < -0.4 is 0 Å². The molecule has 0 aliphatic rings. The molecule has 1 aromatic rings. The van der Waals surface area contributed by atoms with Gasteiger partial charge in [-0.2, -0.15) is 0 Å². The summed E-state index contributed by atoms with van der Waals surface area (Å²) in [7, 11) is 0. The zero-order chi connectivity index (χ0) is 11.1. The summed E-state index contributed by atoms with van der Waals surface area (Å²) in [6, 6.07) is 9.70. The normalized spacial score (nSPS) is 9.73. The highest BCUT2D eigenvalue weighted by Crippen LogP contribution is 2.03. The minimum Gasteiger partial charge on any atom is -0.445 e. The lowest BCUT2D eigenvalue weighted by atomic mass is 10.2. The van der Waals surface area contributed by atoms with Crippen LogP contribution in [-0.2, 0) is 11.3 Å². The minimum absolute atomic E-state index is 0.157. The molecule has 1 amide bonds. The summed E-state index contributed by atoms with van der Waals surface area (Å²) in [4.78, 5) is 12.8. The number of amides is 1. The zero-order valence-corrected chi connectivity index (χ0v) is 9.41. The van der Waals surface area contributed by atoms with Crippen molar-refractivity contribution in [2.45, 2.75) is 13.5 Å². The number of rotatable bonds is 4. The molecule has 15 heavy (non-hydrogen) atoms. The van der Waals surface area contributed by atoms with E-state index in [1.807, 2.05) is 37.3 Å². The largest absolute Gasteiger partial charge is 0.445 e. The average Bonchev–Trinajstić information content (AvgIpc) is 2.29. The van der Waals surface area contributed by atoms with Gasteiger partial charge in [0, 0.05) is 6.54 Å². The Labute approximate surface area is 94.6 Å². The number of carbonyl (C=O) groups is 1. The first kappa shape index (κ1) is 11.9. The number of benzene rings is 1. The monoisotopic (exact) mass is 227 g/mol. The molecule has 1 aromatic carbocycles. The maximum absolute atomic E-state index is 11.4. The summed E-state index contributed by atoms with van der Waals surface area (Å²) in [5, 5.41) is 0. The number of nitrogens with zero attached hydrogens (tertiary/aromatic N) is 1. The van der Waals surface area contributed by atoms with E-state index < -0.39 is 0 Å². The van der Waals surface area contributed by atoms with Gasteiger partial charge in [0.1, 0.15) is 6.61 Å². The van der Waals surface area contributed by atoms with E-state index in [4.69, 9.17) is 16.3 Å². The van der Waals surface area contributed by atoms with Crippen LogP contribution >= 0.6 is 11.6 Å². The predicted molar refractivity (Wildman–Crippen MR) is 59.7 cm³/mol. The van der Waals surface area contributed by atoms with E-state index in [9.17, 15) is 4.79 Å². The Morgan fingerprint density at radius 2 is 2.07 bits per heavy atom. The number of hydrogen-bond acceptors (Lipinski definition) is 2. The van der Waals surface area contributed by atoms with E-state index in [0.717, 1.165) is 5.56 Å². The van der Waals surface area contributed by atoms with Crippen molar-refractivity contribution >= 4 is 17.7 Å². The summed E-state index contributed by atoms with van der Waals surface area (Å²) < 4.78 is 5.07. The quantitative estimate of drug-likeness (QED) is 0.585. The van der Waals surface area contributed by atoms with E-state index in [-0.39, 0.29) is 18.7 Å². The lowest BCUT2D eigenvalue weighted by Crippen LogP contribution is -2.30. The van der Waals surface area contributed by atoms with Crippen LogP contribution in [0.5, 0.6) is 0 Å². The Morgan fingerprint density at radius 1 is 1.40 bits per heavy atom. The fourth-order valence-corrected chi connectivity index (χ4v) is 1.34. The fourth-order valence-electron chi connectivity index (χ4n) is 1.07. The molecule has 0 fully saturated rings. The van der Waals surface area contributed by atoms with Crippen LogP contribution in [0.1, 0.15) is 12.5 Å². The summed E-state index contributed by atoms with van der Waals surface area (Å²) in [5.41, 5.74) is 0.969. The smallest absolute Gasteiger partial charge is 0.411 e. The third-order valence-corrected chi connectivity index (χ3v) is 2.28. The van der Waals surface area contributed by atoms with Crippen LogP contribution in [-0.4, -0.2) is 23.5 Å². The number of halogens is 1. The molecule has 1 rings (SSSR count). The molecule has 0 aromatic heterocycles. The van der Waals surface area contributed by atoms with E-state index in [2.05, 4.69) is 0 Å². The zero-order valence-electron chi connectivity index (χ0n) is 8.65. The van der Waals surface area contributed by atoms with Crippen molar-refractivity contribution in [3.63, 3.8) is 0 Å². The van der Waals surface area contributed by atoms with Crippen molar-refractivity contribution in [3.05, 3.63) is 35.9 Å². The fraction of sp³-hybridized carbons (Fsp3) is 0.364. The molecule has 0 radical (unpaired) electrons. The van der Waals surface area contributed by atoms with Gasteiger partial charge in [0.15, 0.2) is 0 Å². The molecular weight excluding hydrogens is 214 g/mol. The van der Waals surface area contributed by atoms with Crippen LogP contribution in [0.25, 0.3) is 0 Å². The molecule has 0 spiro atoms. The summed E-state index contributed by atoms with van der Waals surface area (Å²) in [6.45, 7) is 2.69. The maximum atomic E-state index is 11.4. The lowest BCUT2D eigenvalue weighted by Gasteiger charge is -2.16. The lowest BCUT2D eigenvalue weighted by molar-refractivity contribution is 0.104. The van der Waals surface area contributed by atoms with E-state index >= 15 is 0 Å². The molecule has 82 valence electrons. The van der Waals surface area contributed by atoms with Gasteiger partial charge in [-0.05, 0) is 12.5 Å². The molecule has 0 aliphatic carbocycles. The van der Waals surface area contributed by atoms with E-state index in [0.29, 0.717) is 6.54 Å². The summed E-state index contributed by atoms with van der Waals surface area (Å²) in [5.74, 6) is 0. The molecule has 3 nitrogen and oxygen atoms in total. The Kier molecular flexibility index (Phi) is 4.98. The standard InChI is InChI=1S/C11H14ClNO2/c1-2-13(9-12)11(14)15-8-10-6-4-3-5-7-10/h3-7H,2,8-9H2,1H3. The number of hydrogen-bond donors (Lipinski definition) is 0. The van der Waals surface area contributed by atoms with Gasteiger partial charge in [-0.25, -0.2) is 4.79 Å². The molecular formula is C11H14ClNO2. The van der Waals surface area contributed by atoms with Gasteiger partial charge >= 0.3 is 6.09 Å². The van der Waals surface area contributed by atoms with Crippen molar-refractivity contribution in [1.29, 1.82) is 0 Å². The number of ether oxygens (including phenoxy) is 1. The summed E-state index contributed by atoms with van der Waals surface area (Å²) in [6.07, 6.45) is -0.378. The Hall–Kier alpha value is -1.22.